The van der Waals surface area contributed by atoms with Crippen LogP contribution in [0.2, 0.25) is 0 Å². The molecule has 7 heteroatoms. The van der Waals surface area contributed by atoms with Crippen LogP contribution in [0.4, 0.5) is 4.39 Å². The quantitative estimate of drug-likeness (QED) is 0.519. The van der Waals surface area contributed by atoms with Crippen molar-refractivity contribution in [3.05, 3.63) is 90.3 Å². The number of carbonyl (C=O) groups excluding carboxylic acids is 1. The lowest BCUT2D eigenvalue weighted by atomic mass is 10.1. The molecule has 0 aliphatic heterocycles. The van der Waals surface area contributed by atoms with Gasteiger partial charge in [-0.3, -0.25) is 4.79 Å². The Balaban J connectivity index is 1.27. The zero-order valence-electron chi connectivity index (χ0n) is 15.6. The Kier molecular flexibility index (Phi) is 5.47. The van der Waals surface area contributed by atoms with Crippen LogP contribution in [-0.4, -0.2) is 20.7 Å². The van der Waals surface area contributed by atoms with E-state index in [4.69, 9.17) is 4.42 Å². The average molecular weight is 390 g/mol. The highest BCUT2D eigenvalue weighted by molar-refractivity contribution is 5.76. The van der Waals surface area contributed by atoms with Crippen molar-refractivity contribution in [2.24, 2.45) is 0 Å². The van der Waals surface area contributed by atoms with Crippen LogP contribution in [0.3, 0.4) is 0 Å². The Hall–Kier alpha value is -3.74. The number of nitrogens with zero attached hydrogens (tertiary/aromatic N) is 3. The molecule has 146 valence electrons. The van der Waals surface area contributed by atoms with E-state index in [0.29, 0.717) is 35.9 Å². The SMILES string of the molecule is O=C(CCc1ccc(-c2ccccc2F)o1)NCc1ccc(-n2cccn2)nc1. The van der Waals surface area contributed by atoms with Crippen molar-refractivity contribution in [3.8, 4) is 17.1 Å². The van der Waals surface area contributed by atoms with Gasteiger partial charge in [0.25, 0.3) is 0 Å². The summed E-state index contributed by atoms with van der Waals surface area (Å²) in [5.74, 6) is 1.39. The number of hydrogen-bond acceptors (Lipinski definition) is 4. The lowest BCUT2D eigenvalue weighted by molar-refractivity contribution is -0.121. The second-order valence-corrected chi connectivity index (χ2v) is 6.50. The molecule has 0 aliphatic carbocycles. The number of rotatable bonds is 7. The summed E-state index contributed by atoms with van der Waals surface area (Å²) in [7, 11) is 0. The molecule has 0 radical (unpaired) electrons. The minimum atomic E-state index is -0.335. The summed E-state index contributed by atoms with van der Waals surface area (Å²) < 4.78 is 21.2. The first-order valence-corrected chi connectivity index (χ1v) is 9.24. The average Bonchev–Trinajstić information content (AvgIpc) is 3.44. The molecule has 3 heterocycles. The first-order chi connectivity index (χ1) is 14.2. The van der Waals surface area contributed by atoms with Gasteiger partial charge in [-0.2, -0.15) is 5.10 Å². The van der Waals surface area contributed by atoms with Crippen LogP contribution in [0.5, 0.6) is 0 Å². The van der Waals surface area contributed by atoms with Crippen LogP contribution in [0.1, 0.15) is 17.7 Å². The summed E-state index contributed by atoms with van der Waals surface area (Å²) in [5, 5.41) is 6.99. The van der Waals surface area contributed by atoms with E-state index in [9.17, 15) is 9.18 Å². The van der Waals surface area contributed by atoms with E-state index in [1.807, 2.05) is 24.4 Å². The lowest BCUT2D eigenvalue weighted by Crippen LogP contribution is -2.23. The maximum absolute atomic E-state index is 13.8. The molecule has 1 N–H and O–H groups in total. The summed E-state index contributed by atoms with van der Waals surface area (Å²) in [4.78, 5) is 16.5. The molecule has 1 aromatic carbocycles. The number of nitrogens with one attached hydrogen (secondary N) is 1. The van der Waals surface area contributed by atoms with Gasteiger partial charge in [-0.1, -0.05) is 18.2 Å². The van der Waals surface area contributed by atoms with Crippen LogP contribution in [0.25, 0.3) is 17.1 Å². The van der Waals surface area contributed by atoms with Gasteiger partial charge in [-0.05, 0) is 42.0 Å². The van der Waals surface area contributed by atoms with Crippen LogP contribution >= 0.6 is 0 Å². The fourth-order valence-corrected chi connectivity index (χ4v) is 2.90. The summed E-state index contributed by atoms with van der Waals surface area (Å²) in [5.41, 5.74) is 1.31. The summed E-state index contributed by atoms with van der Waals surface area (Å²) >= 11 is 0. The standard InChI is InChI=1S/C22H19FN4O2/c23-19-5-2-1-4-18(19)20-9-7-17(29-20)8-11-22(28)25-15-16-6-10-21(24-14-16)27-13-3-12-26-27/h1-7,9-10,12-14H,8,11,15H2,(H,25,28). The van der Waals surface area contributed by atoms with Crippen LogP contribution in [0.15, 0.2) is 77.6 Å². The van der Waals surface area contributed by atoms with Gasteiger partial charge in [0.05, 0.1) is 5.56 Å². The van der Waals surface area contributed by atoms with Crippen molar-refractivity contribution in [1.29, 1.82) is 0 Å². The van der Waals surface area contributed by atoms with Crippen molar-refractivity contribution in [2.45, 2.75) is 19.4 Å². The molecule has 6 nitrogen and oxygen atoms in total. The number of furan rings is 1. The van der Waals surface area contributed by atoms with E-state index < -0.39 is 0 Å². The summed E-state index contributed by atoms with van der Waals surface area (Å²) in [6, 6.07) is 15.5. The van der Waals surface area contributed by atoms with E-state index in [1.54, 1.807) is 47.4 Å². The van der Waals surface area contributed by atoms with Gasteiger partial charge >= 0.3 is 0 Å². The minimum absolute atomic E-state index is 0.0926. The topological polar surface area (TPSA) is 73.0 Å². The molecule has 29 heavy (non-hydrogen) atoms. The predicted molar refractivity (Wildman–Crippen MR) is 106 cm³/mol. The third kappa shape index (κ3) is 4.57. The molecule has 0 spiro atoms. The molecule has 0 saturated heterocycles. The molecule has 0 atom stereocenters. The summed E-state index contributed by atoms with van der Waals surface area (Å²) in [6.07, 6.45) is 5.94. The van der Waals surface area contributed by atoms with E-state index in [2.05, 4.69) is 15.4 Å². The van der Waals surface area contributed by atoms with Crippen molar-refractivity contribution >= 4 is 5.91 Å². The first-order valence-electron chi connectivity index (χ1n) is 9.24. The van der Waals surface area contributed by atoms with Gasteiger partial charge in [0, 0.05) is 38.0 Å². The monoisotopic (exact) mass is 390 g/mol. The maximum atomic E-state index is 13.8. The van der Waals surface area contributed by atoms with Gasteiger partial charge in [-0.25, -0.2) is 14.1 Å². The normalized spacial score (nSPS) is 10.8. The Labute approximate surface area is 167 Å². The Morgan fingerprint density at radius 3 is 2.76 bits per heavy atom. The molecule has 0 bridgehead atoms. The number of aryl methyl sites for hydroxylation is 1. The third-order valence-electron chi connectivity index (χ3n) is 4.44. The van der Waals surface area contributed by atoms with Crippen LogP contribution in [-0.2, 0) is 17.8 Å². The van der Waals surface area contributed by atoms with Crippen LogP contribution in [0, 0.1) is 5.82 Å². The van der Waals surface area contributed by atoms with Crippen LogP contribution < -0.4 is 5.32 Å². The zero-order chi connectivity index (χ0) is 20.1. The number of amides is 1. The smallest absolute Gasteiger partial charge is 0.220 e. The fraction of sp³-hybridized carbons (Fsp3) is 0.136. The third-order valence-corrected chi connectivity index (χ3v) is 4.44. The number of pyridine rings is 1. The molecule has 1 amide bonds. The van der Waals surface area contributed by atoms with Crippen molar-refractivity contribution in [2.75, 3.05) is 0 Å². The van der Waals surface area contributed by atoms with Gasteiger partial charge in [0.2, 0.25) is 5.91 Å². The maximum Gasteiger partial charge on any atom is 0.220 e. The second-order valence-electron chi connectivity index (χ2n) is 6.50. The predicted octanol–water partition coefficient (Wildman–Crippen LogP) is 3.92. The second kappa shape index (κ2) is 8.52. The number of aromatic nitrogens is 3. The van der Waals surface area contributed by atoms with E-state index in [-0.39, 0.29) is 18.1 Å². The number of carbonyl (C=O) groups is 1. The van der Waals surface area contributed by atoms with Crippen molar-refractivity contribution in [3.63, 3.8) is 0 Å². The molecular formula is C22H19FN4O2. The highest BCUT2D eigenvalue weighted by Crippen LogP contribution is 2.25. The van der Waals surface area contributed by atoms with Gasteiger partial charge in [0.15, 0.2) is 5.82 Å². The van der Waals surface area contributed by atoms with E-state index >= 15 is 0 Å². The lowest BCUT2D eigenvalue weighted by Gasteiger charge is -2.06. The van der Waals surface area contributed by atoms with Crippen molar-refractivity contribution < 1.29 is 13.6 Å². The molecule has 4 aromatic rings. The highest BCUT2D eigenvalue weighted by Gasteiger charge is 2.10. The zero-order valence-corrected chi connectivity index (χ0v) is 15.6. The number of halogens is 1. The summed E-state index contributed by atoms with van der Waals surface area (Å²) in [6.45, 7) is 0.393. The minimum Gasteiger partial charge on any atom is -0.461 e. The number of benzene rings is 1. The Bertz CT molecular complexity index is 1090. The molecule has 4 rings (SSSR count). The van der Waals surface area contributed by atoms with Gasteiger partial charge in [0.1, 0.15) is 17.3 Å². The molecule has 0 unspecified atom stereocenters. The number of hydrogen-bond donors (Lipinski definition) is 1. The molecular weight excluding hydrogens is 371 g/mol. The fourth-order valence-electron chi connectivity index (χ4n) is 2.90. The van der Waals surface area contributed by atoms with Crippen molar-refractivity contribution in [1.82, 2.24) is 20.1 Å². The Morgan fingerprint density at radius 2 is 2.00 bits per heavy atom. The molecule has 0 saturated carbocycles. The highest BCUT2D eigenvalue weighted by atomic mass is 19.1. The molecule has 0 fully saturated rings. The first kappa shape index (κ1) is 18.6. The molecule has 0 aliphatic rings. The molecule has 3 aromatic heterocycles. The largest absolute Gasteiger partial charge is 0.461 e. The van der Waals surface area contributed by atoms with Gasteiger partial charge in [-0.15, -0.1) is 0 Å². The van der Waals surface area contributed by atoms with Gasteiger partial charge < -0.3 is 9.73 Å². The van der Waals surface area contributed by atoms with E-state index in [0.717, 1.165) is 5.56 Å². The Morgan fingerprint density at radius 1 is 1.10 bits per heavy atom. The van der Waals surface area contributed by atoms with E-state index in [1.165, 1.54) is 6.07 Å².